The molecule has 14 nitrogen and oxygen atoms in total. The maximum Gasteiger partial charge on any atom is 0.262 e. The summed E-state index contributed by atoms with van der Waals surface area (Å²) in [6.07, 6.45) is 0.514. The molecule has 65 heavy (non-hydrogen) atoms. The second kappa shape index (κ2) is 22.7. The van der Waals surface area contributed by atoms with Crippen LogP contribution in [0.15, 0.2) is 126 Å². The van der Waals surface area contributed by atoms with Crippen LogP contribution in [-0.4, -0.2) is 98.3 Å². The summed E-state index contributed by atoms with van der Waals surface area (Å²) in [5.74, 6) is -1.56. The van der Waals surface area contributed by atoms with E-state index < -0.39 is 23.8 Å². The fraction of sp³-hybridized carbons (Fsp3) is 0.250. The average Bonchev–Trinajstić information content (AvgIpc) is 4.08. The van der Waals surface area contributed by atoms with E-state index in [0.29, 0.717) is 21.9 Å². The largest absolute Gasteiger partial charge is 0.508 e. The van der Waals surface area contributed by atoms with Crippen LogP contribution in [0.4, 0.5) is 27.1 Å². The number of carbonyl (C=O) groups excluding carboxylic acids is 4. The summed E-state index contributed by atoms with van der Waals surface area (Å²) in [7, 11) is 0. The van der Waals surface area contributed by atoms with E-state index in [1.807, 2.05) is 29.6 Å². The first kappa shape index (κ1) is 46.2. The fourth-order valence-corrected chi connectivity index (χ4v) is 8.67. The lowest BCUT2D eigenvalue weighted by atomic mass is 10.0. The number of aromatic hydroxyl groups is 2. The van der Waals surface area contributed by atoms with Gasteiger partial charge in [-0.05, 0) is 88.6 Å². The minimum atomic E-state index is -0.900. The molecule has 2 saturated heterocycles. The third-order valence-corrected chi connectivity index (χ3v) is 12.5. The summed E-state index contributed by atoms with van der Waals surface area (Å²) >= 11 is 2.61. The molecule has 6 aromatic rings. The number of nitrogens with one attached hydrogen (secondary N) is 6. The van der Waals surface area contributed by atoms with E-state index in [1.54, 1.807) is 72.1 Å². The Hall–Kier alpha value is -6.79. The normalized spacial score (nSPS) is 14.5. The quantitative estimate of drug-likeness (QED) is 0.0662. The summed E-state index contributed by atoms with van der Waals surface area (Å²) in [5.41, 5.74) is 4.39. The highest BCUT2D eigenvalue weighted by Crippen LogP contribution is 2.29. The molecule has 2 atom stereocenters. The molecule has 2 aliphatic rings. The van der Waals surface area contributed by atoms with E-state index in [4.69, 9.17) is 0 Å². The van der Waals surface area contributed by atoms with Crippen LogP contribution in [0.2, 0.25) is 0 Å². The average molecular weight is 919 g/mol. The zero-order valence-corrected chi connectivity index (χ0v) is 37.1. The number of benzene rings is 4. The van der Waals surface area contributed by atoms with Crippen molar-refractivity contribution < 1.29 is 33.8 Å². The van der Waals surface area contributed by atoms with Gasteiger partial charge >= 0.3 is 0 Å². The molecule has 0 radical (unpaired) electrons. The number of carbonyl (C=O) groups is 4. The molecule has 0 spiro atoms. The number of halogens is 1. The first-order chi connectivity index (χ1) is 31.6. The number of hydrogen-bond donors (Lipinski definition) is 8. The molecule has 17 heteroatoms. The number of rotatable bonds is 14. The van der Waals surface area contributed by atoms with Crippen molar-refractivity contribution in [3.05, 3.63) is 153 Å². The molecule has 2 aliphatic heterocycles. The van der Waals surface area contributed by atoms with Gasteiger partial charge in [-0.1, -0.05) is 48.5 Å². The Balaban J connectivity index is 0.000000194. The molecule has 8 N–H and O–H groups in total. The highest BCUT2D eigenvalue weighted by Gasteiger charge is 2.26. The number of phenolic OH excluding ortho intramolecular Hbond substituents is 2. The van der Waals surface area contributed by atoms with Crippen molar-refractivity contribution in [1.29, 1.82) is 0 Å². The Morgan fingerprint density at radius 3 is 1.48 bits per heavy atom. The molecule has 0 bridgehead atoms. The minimum absolute atomic E-state index is 0.114. The summed E-state index contributed by atoms with van der Waals surface area (Å²) in [4.78, 5) is 57.4. The predicted octanol–water partition coefficient (Wildman–Crippen LogP) is 5.83. The lowest BCUT2D eigenvalue weighted by Crippen LogP contribution is -2.46. The molecular weight excluding hydrogens is 868 g/mol. The van der Waals surface area contributed by atoms with Gasteiger partial charge in [0.1, 0.15) is 29.4 Å². The third-order valence-electron chi connectivity index (χ3n) is 10.8. The van der Waals surface area contributed by atoms with Crippen molar-refractivity contribution in [3.8, 4) is 11.5 Å². The predicted molar refractivity (Wildman–Crippen MR) is 255 cm³/mol. The highest BCUT2D eigenvalue weighted by molar-refractivity contribution is 7.12. The van der Waals surface area contributed by atoms with Gasteiger partial charge in [0.05, 0.1) is 32.5 Å². The summed E-state index contributed by atoms with van der Waals surface area (Å²) < 4.78 is 14.1. The van der Waals surface area contributed by atoms with Crippen LogP contribution in [0.3, 0.4) is 0 Å². The summed E-state index contributed by atoms with van der Waals surface area (Å²) in [6, 6.07) is 30.5. The second-order valence-corrected chi connectivity index (χ2v) is 17.3. The van der Waals surface area contributed by atoms with Crippen molar-refractivity contribution >= 4 is 69.1 Å². The van der Waals surface area contributed by atoms with Crippen molar-refractivity contribution in [1.82, 2.24) is 21.3 Å². The maximum atomic E-state index is 14.1. The van der Waals surface area contributed by atoms with Gasteiger partial charge in [0.15, 0.2) is 0 Å². The molecule has 4 amide bonds. The van der Waals surface area contributed by atoms with E-state index in [0.717, 1.165) is 80.5 Å². The van der Waals surface area contributed by atoms with E-state index in [9.17, 15) is 33.8 Å². The van der Waals surface area contributed by atoms with E-state index in [2.05, 4.69) is 41.7 Å². The van der Waals surface area contributed by atoms with Crippen LogP contribution in [0.25, 0.3) is 0 Å². The van der Waals surface area contributed by atoms with E-state index in [1.165, 1.54) is 46.9 Å². The van der Waals surface area contributed by atoms with Gasteiger partial charge in [-0.3, -0.25) is 19.2 Å². The van der Waals surface area contributed by atoms with Gasteiger partial charge in [0.2, 0.25) is 11.8 Å². The first-order valence-corrected chi connectivity index (χ1v) is 23.0. The highest BCUT2D eigenvalue weighted by atomic mass is 32.1. The number of anilines is 4. The smallest absolute Gasteiger partial charge is 0.262 e. The number of para-hydroxylation sites is 2. The number of amides is 4. The number of thiophene rings is 2. The third kappa shape index (κ3) is 13.1. The van der Waals surface area contributed by atoms with Gasteiger partial charge in [0, 0.05) is 65.2 Å². The van der Waals surface area contributed by atoms with E-state index >= 15 is 0 Å². The van der Waals surface area contributed by atoms with Crippen LogP contribution in [0.1, 0.15) is 30.5 Å². The van der Waals surface area contributed by atoms with Gasteiger partial charge in [-0.15, -0.1) is 22.7 Å². The molecule has 4 aromatic carbocycles. The Labute approximate surface area is 384 Å². The van der Waals surface area contributed by atoms with Crippen LogP contribution in [-0.2, 0) is 22.4 Å². The van der Waals surface area contributed by atoms with Gasteiger partial charge in [0.25, 0.3) is 11.8 Å². The number of hydrogen-bond acceptors (Lipinski definition) is 12. The Morgan fingerprint density at radius 1 is 0.569 bits per heavy atom. The number of nitrogens with zero attached hydrogens (tertiary/aromatic N) is 2. The molecular formula is C48H51FN8O6S2. The number of phenols is 2. The minimum Gasteiger partial charge on any atom is -0.508 e. The van der Waals surface area contributed by atoms with Gasteiger partial charge < -0.3 is 51.9 Å². The SMILES string of the molecule is O=C(NC(Cc1ccc(O)cc1)C(=O)Nc1cc(F)ccc1N1CCNCC1)c1cccs1.O=C(NC(Cc1ccc(O)cc1)C(=O)Nc1ccccc1N1CCNCC1)c1cccs1. The molecule has 0 saturated carbocycles. The lowest BCUT2D eigenvalue weighted by molar-refractivity contribution is -0.118. The lowest BCUT2D eigenvalue weighted by Gasteiger charge is -2.31. The zero-order valence-electron chi connectivity index (χ0n) is 35.5. The van der Waals surface area contributed by atoms with Crippen molar-refractivity contribution in [2.24, 2.45) is 0 Å². The molecule has 8 rings (SSSR count). The maximum absolute atomic E-state index is 14.1. The van der Waals surface area contributed by atoms with Crippen LogP contribution >= 0.6 is 22.7 Å². The van der Waals surface area contributed by atoms with Crippen LogP contribution in [0.5, 0.6) is 11.5 Å². The fourth-order valence-electron chi connectivity index (χ4n) is 7.42. The summed E-state index contributed by atoms with van der Waals surface area (Å²) in [6.45, 7) is 6.57. The van der Waals surface area contributed by atoms with Crippen molar-refractivity contribution in [3.63, 3.8) is 0 Å². The van der Waals surface area contributed by atoms with Crippen molar-refractivity contribution in [2.75, 3.05) is 72.8 Å². The molecule has 2 fully saturated rings. The Bertz CT molecular complexity index is 2500. The summed E-state index contributed by atoms with van der Waals surface area (Å²) in [5, 5.41) is 40.9. The topological polar surface area (TPSA) is 187 Å². The Kier molecular flexibility index (Phi) is 16.1. The second-order valence-electron chi connectivity index (χ2n) is 15.4. The van der Waals surface area contributed by atoms with Crippen LogP contribution < -0.4 is 41.7 Å². The standard InChI is InChI=1S/C24H25FN4O3S.C24H26N4O3S/c25-17-5-8-21(29-11-9-26-10-12-29)19(15-17)27-23(31)20(14-16-3-6-18(30)7-4-16)28-24(32)22-2-1-13-33-22;29-18-9-7-17(8-10-18)16-20(27-24(31)22-6-3-15-32-22)23(30)26-19-4-1-2-5-21(19)28-13-11-25-12-14-28/h1-8,13,15,20,26,30H,9-12,14H2,(H,27,31)(H,28,32);1-10,15,20,25,29H,11-14,16H2,(H,26,30)(H,27,31). The van der Waals surface area contributed by atoms with Gasteiger partial charge in [-0.2, -0.15) is 0 Å². The first-order valence-electron chi connectivity index (χ1n) is 21.3. The monoisotopic (exact) mass is 918 g/mol. The molecule has 0 aliphatic carbocycles. The van der Waals surface area contributed by atoms with Crippen LogP contribution in [0, 0.1) is 5.82 Å². The van der Waals surface area contributed by atoms with E-state index in [-0.39, 0.29) is 35.6 Å². The zero-order chi connectivity index (χ0) is 45.5. The molecule has 2 aromatic heterocycles. The molecule has 338 valence electrons. The molecule has 2 unspecified atom stereocenters. The van der Waals surface area contributed by atoms with Gasteiger partial charge in [-0.25, -0.2) is 4.39 Å². The van der Waals surface area contributed by atoms with Crippen molar-refractivity contribution in [2.45, 2.75) is 24.9 Å². The molecule has 4 heterocycles. The number of piperazine rings is 2. The Morgan fingerprint density at radius 2 is 1.02 bits per heavy atom.